The molecule has 0 unspecified atom stereocenters. The molecule has 0 N–H and O–H groups in total. The summed E-state index contributed by atoms with van der Waals surface area (Å²) in [6.07, 6.45) is 1.67. The number of hydrogen-bond acceptors (Lipinski definition) is 6. The van der Waals surface area contributed by atoms with Crippen molar-refractivity contribution in [2.45, 2.75) is 39.5 Å². The van der Waals surface area contributed by atoms with Crippen LogP contribution in [0, 0.1) is 34.6 Å². The summed E-state index contributed by atoms with van der Waals surface area (Å²) in [7, 11) is -3.64. The van der Waals surface area contributed by atoms with E-state index in [1.165, 1.54) is 0 Å². The van der Waals surface area contributed by atoms with E-state index < -0.39 is 10.0 Å². The van der Waals surface area contributed by atoms with Crippen LogP contribution in [0.15, 0.2) is 35.4 Å². The van der Waals surface area contributed by atoms with Crippen LogP contribution in [0.5, 0.6) is 0 Å². The summed E-state index contributed by atoms with van der Waals surface area (Å²) in [6, 6.07) is 7.23. The van der Waals surface area contributed by atoms with Crippen molar-refractivity contribution in [1.82, 2.24) is 23.9 Å². The second-order valence-corrected chi connectivity index (χ2v) is 12.1. The van der Waals surface area contributed by atoms with E-state index in [0.29, 0.717) is 52.8 Å². The second-order valence-electron chi connectivity index (χ2n) is 9.43. The van der Waals surface area contributed by atoms with Gasteiger partial charge in [-0.15, -0.1) is 5.10 Å². The lowest BCUT2D eigenvalue weighted by Gasteiger charge is -2.34. The van der Waals surface area contributed by atoms with Crippen molar-refractivity contribution in [3.8, 4) is 11.3 Å². The smallest absolute Gasteiger partial charge is 0.254 e. The maximum absolute atomic E-state index is 13.7. The van der Waals surface area contributed by atoms with E-state index in [1.807, 2.05) is 51.7 Å². The minimum Gasteiger partial charge on any atom is -0.337 e. The van der Waals surface area contributed by atoms with Crippen LogP contribution < -0.4 is 4.90 Å². The molecular weight excluding hydrogens is 531 g/mol. The van der Waals surface area contributed by atoms with Crippen LogP contribution in [0.3, 0.4) is 0 Å². The number of rotatable bonds is 4. The first-order chi connectivity index (χ1) is 17.5. The molecule has 0 spiro atoms. The highest BCUT2D eigenvalue weighted by Gasteiger charge is 2.33. The van der Waals surface area contributed by atoms with Crippen molar-refractivity contribution in [3.05, 3.63) is 68.3 Å². The molecule has 0 atom stereocenters. The Morgan fingerprint density at radius 2 is 1.43 bits per heavy atom. The van der Waals surface area contributed by atoms with Gasteiger partial charge in [0.15, 0.2) is 0 Å². The Balaban J connectivity index is 1.41. The molecule has 4 aromatic rings. The van der Waals surface area contributed by atoms with Gasteiger partial charge in [-0.1, -0.05) is 29.3 Å². The van der Waals surface area contributed by atoms with E-state index in [0.717, 1.165) is 39.1 Å². The van der Waals surface area contributed by atoms with Gasteiger partial charge in [0, 0.05) is 37.9 Å². The zero-order chi connectivity index (χ0) is 26.6. The van der Waals surface area contributed by atoms with Gasteiger partial charge in [0.05, 0.1) is 20.6 Å². The molecule has 1 aliphatic heterocycles. The highest BCUT2D eigenvalue weighted by molar-refractivity contribution is 7.89. The number of nitrogens with zero attached hydrogens (tertiary/aromatic N) is 6. The minimum atomic E-state index is -3.64. The van der Waals surface area contributed by atoms with Gasteiger partial charge in [0.2, 0.25) is 16.0 Å². The second kappa shape index (κ2) is 9.54. The Hall–Kier alpha value is -2.72. The Morgan fingerprint density at radius 1 is 0.811 bits per heavy atom. The van der Waals surface area contributed by atoms with E-state index in [4.69, 9.17) is 28.3 Å². The van der Waals surface area contributed by atoms with Crippen LogP contribution in [-0.2, 0) is 10.0 Å². The summed E-state index contributed by atoms with van der Waals surface area (Å²) in [5.74, 6) is 0.955. The van der Waals surface area contributed by atoms with Crippen LogP contribution in [0.25, 0.3) is 17.0 Å². The number of sulfonamides is 1. The number of piperazine rings is 1. The predicted molar refractivity (Wildman–Crippen MR) is 147 cm³/mol. The van der Waals surface area contributed by atoms with Gasteiger partial charge in [-0.05, 0) is 80.6 Å². The van der Waals surface area contributed by atoms with Crippen molar-refractivity contribution >= 4 is 45.0 Å². The molecule has 3 heterocycles. The van der Waals surface area contributed by atoms with Crippen molar-refractivity contribution < 1.29 is 8.42 Å². The van der Waals surface area contributed by atoms with Gasteiger partial charge in [-0.3, -0.25) is 0 Å². The quantitative estimate of drug-likeness (QED) is 0.344. The fourth-order valence-electron chi connectivity index (χ4n) is 4.90. The van der Waals surface area contributed by atoms with Gasteiger partial charge in [0.1, 0.15) is 0 Å². The van der Waals surface area contributed by atoms with Crippen LogP contribution in [0.1, 0.15) is 27.8 Å². The highest BCUT2D eigenvalue weighted by Crippen LogP contribution is 2.32. The summed E-state index contributed by atoms with van der Waals surface area (Å²) >= 11 is 12.3. The lowest BCUT2D eigenvalue weighted by molar-refractivity contribution is 0.382. The standard InChI is InChI=1S/C26H28Cl2N6O2S/c1-15-16(2)18(4)24(19(5)17(15)3)37(35,36)33-12-10-32(11-13-33)26-30-25-29-9-8-23(34(25)31-26)20-6-7-21(27)22(28)14-20/h6-9,14H,10-13H2,1-5H3. The van der Waals surface area contributed by atoms with Gasteiger partial charge in [-0.25, -0.2) is 13.4 Å². The molecule has 1 fully saturated rings. The van der Waals surface area contributed by atoms with E-state index in [-0.39, 0.29) is 0 Å². The Kier molecular flexibility index (Phi) is 6.68. The lowest BCUT2D eigenvalue weighted by Crippen LogP contribution is -2.49. The molecule has 5 rings (SSSR count). The molecule has 0 amide bonds. The topological polar surface area (TPSA) is 83.7 Å². The molecule has 8 nitrogen and oxygen atoms in total. The van der Waals surface area contributed by atoms with Gasteiger partial charge in [-0.2, -0.15) is 13.8 Å². The summed E-state index contributed by atoms with van der Waals surface area (Å²) in [4.78, 5) is 11.4. The molecule has 194 valence electrons. The summed E-state index contributed by atoms with van der Waals surface area (Å²) < 4.78 is 30.7. The average Bonchev–Trinajstić information content (AvgIpc) is 3.32. The number of benzene rings is 2. The first kappa shape index (κ1) is 25.9. The van der Waals surface area contributed by atoms with Gasteiger partial charge >= 0.3 is 0 Å². The lowest BCUT2D eigenvalue weighted by atomic mass is 9.95. The molecular formula is C26H28Cl2N6O2S. The van der Waals surface area contributed by atoms with Gasteiger partial charge < -0.3 is 4.90 Å². The zero-order valence-electron chi connectivity index (χ0n) is 21.4. The molecule has 0 aliphatic carbocycles. The summed E-state index contributed by atoms with van der Waals surface area (Å²) in [6.45, 7) is 11.5. The van der Waals surface area contributed by atoms with Crippen LogP contribution in [0.2, 0.25) is 10.0 Å². The monoisotopic (exact) mass is 558 g/mol. The third-order valence-electron chi connectivity index (χ3n) is 7.50. The summed E-state index contributed by atoms with van der Waals surface area (Å²) in [5, 5.41) is 5.62. The maximum Gasteiger partial charge on any atom is 0.254 e. The van der Waals surface area contributed by atoms with Crippen LogP contribution in [0.4, 0.5) is 5.95 Å². The van der Waals surface area contributed by atoms with Crippen molar-refractivity contribution in [2.24, 2.45) is 0 Å². The Bertz CT molecular complexity index is 1610. The maximum atomic E-state index is 13.7. The highest BCUT2D eigenvalue weighted by atomic mass is 35.5. The van der Waals surface area contributed by atoms with Crippen molar-refractivity contribution in [2.75, 3.05) is 31.1 Å². The van der Waals surface area contributed by atoms with Crippen molar-refractivity contribution in [3.63, 3.8) is 0 Å². The fourth-order valence-corrected chi connectivity index (χ4v) is 7.18. The number of halogens is 2. The fraction of sp³-hybridized carbons (Fsp3) is 0.346. The molecule has 2 aromatic carbocycles. The van der Waals surface area contributed by atoms with E-state index in [1.54, 1.807) is 27.2 Å². The third-order valence-corrected chi connectivity index (χ3v) is 10.4. The molecule has 37 heavy (non-hydrogen) atoms. The zero-order valence-corrected chi connectivity index (χ0v) is 23.7. The van der Waals surface area contributed by atoms with E-state index in [9.17, 15) is 8.42 Å². The largest absolute Gasteiger partial charge is 0.337 e. The van der Waals surface area contributed by atoms with Crippen molar-refractivity contribution in [1.29, 1.82) is 0 Å². The van der Waals surface area contributed by atoms with Crippen LogP contribution in [-0.4, -0.2) is 58.5 Å². The van der Waals surface area contributed by atoms with Crippen LogP contribution >= 0.6 is 23.2 Å². The first-order valence-corrected chi connectivity index (χ1v) is 14.2. The molecule has 0 saturated carbocycles. The molecule has 1 aliphatic rings. The number of aromatic nitrogens is 4. The Morgan fingerprint density at radius 3 is 2.05 bits per heavy atom. The first-order valence-electron chi connectivity index (χ1n) is 12.0. The molecule has 2 aromatic heterocycles. The average molecular weight is 560 g/mol. The number of fused-ring (bicyclic) bond motifs is 1. The third kappa shape index (κ3) is 4.37. The van der Waals surface area contributed by atoms with E-state index >= 15 is 0 Å². The molecule has 1 saturated heterocycles. The van der Waals surface area contributed by atoms with Gasteiger partial charge in [0.25, 0.3) is 5.78 Å². The molecule has 0 bridgehead atoms. The normalized spacial score (nSPS) is 15.1. The number of anilines is 1. The molecule has 0 radical (unpaired) electrons. The minimum absolute atomic E-state index is 0.343. The predicted octanol–water partition coefficient (Wildman–Crippen LogP) is 5.15. The Labute approximate surface area is 226 Å². The van der Waals surface area contributed by atoms with E-state index in [2.05, 4.69) is 9.97 Å². The summed E-state index contributed by atoms with van der Waals surface area (Å²) in [5.41, 5.74) is 6.46. The molecule has 11 heteroatoms. The number of hydrogen-bond donors (Lipinski definition) is 0. The SMILES string of the molecule is Cc1c(C)c(C)c(S(=O)(=O)N2CCN(c3nc4nccc(-c5ccc(Cl)c(Cl)c5)n4n3)CC2)c(C)c1C.